The van der Waals surface area contributed by atoms with Crippen molar-refractivity contribution in [3.8, 4) is 0 Å². The van der Waals surface area contributed by atoms with Crippen molar-refractivity contribution in [3.63, 3.8) is 0 Å². The van der Waals surface area contributed by atoms with E-state index in [0.717, 1.165) is 24.1 Å². The van der Waals surface area contributed by atoms with Gasteiger partial charge in [-0.15, -0.1) is 0 Å². The van der Waals surface area contributed by atoms with Crippen molar-refractivity contribution in [3.05, 3.63) is 17.0 Å². The quantitative estimate of drug-likeness (QED) is 0.879. The first-order chi connectivity index (χ1) is 8.91. The van der Waals surface area contributed by atoms with E-state index >= 15 is 0 Å². The van der Waals surface area contributed by atoms with Crippen LogP contribution < -0.4 is 0 Å². The smallest absolute Gasteiger partial charge is 0.229 e. The predicted molar refractivity (Wildman–Crippen MR) is 70.8 cm³/mol. The molecule has 0 aromatic carbocycles. The number of amides is 1. The summed E-state index contributed by atoms with van der Waals surface area (Å²) in [6.07, 6.45) is 1.75. The van der Waals surface area contributed by atoms with Gasteiger partial charge in [-0.05, 0) is 39.5 Å². The molecule has 1 N–H and O–H groups in total. The molecule has 2 atom stereocenters. The van der Waals surface area contributed by atoms with Crippen LogP contribution in [0.4, 0.5) is 0 Å². The van der Waals surface area contributed by atoms with Gasteiger partial charge < -0.3 is 14.5 Å². The second-order valence-corrected chi connectivity index (χ2v) is 5.58. The Morgan fingerprint density at radius 1 is 1.53 bits per heavy atom. The minimum atomic E-state index is -0.397. The van der Waals surface area contributed by atoms with E-state index in [9.17, 15) is 9.90 Å². The molecule has 1 aromatic rings. The molecule has 0 radical (unpaired) electrons. The molecule has 0 saturated heterocycles. The third-order valence-electron chi connectivity index (χ3n) is 3.90. The average molecular weight is 266 g/mol. The molecule has 1 amide bonds. The molecule has 19 heavy (non-hydrogen) atoms. The number of aliphatic hydroxyl groups is 1. The van der Waals surface area contributed by atoms with Gasteiger partial charge in [-0.25, -0.2) is 0 Å². The molecule has 0 spiro atoms. The molecule has 1 aliphatic carbocycles. The van der Waals surface area contributed by atoms with E-state index in [1.807, 2.05) is 20.8 Å². The first kappa shape index (κ1) is 14.1. The van der Waals surface area contributed by atoms with Crippen molar-refractivity contribution < 1.29 is 14.4 Å². The molecule has 2 unspecified atom stereocenters. The van der Waals surface area contributed by atoms with Crippen LogP contribution in [-0.4, -0.2) is 40.8 Å². The maximum Gasteiger partial charge on any atom is 0.229 e. The van der Waals surface area contributed by atoms with Gasteiger partial charge in [0.15, 0.2) is 0 Å². The number of aliphatic hydroxyl groups excluding tert-OH is 1. The SMILES string of the molecule is Cc1noc(C)c1C(C)C(=O)N(C)CC(O)C1CC1. The molecule has 1 aromatic heterocycles. The van der Waals surface area contributed by atoms with Crippen LogP contribution >= 0.6 is 0 Å². The molecule has 1 aliphatic rings. The van der Waals surface area contributed by atoms with Crippen LogP contribution in [0.3, 0.4) is 0 Å². The molecule has 0 bridgehead atoms. The van der Waals surface area contributed by atoms with Gasteiger partial charge in [-0.3, -0.25) is 4.79 Å². The molecular formula is C14H22N2O3. The van der Waals surface area contributed by atoms with Crippen LogP contribution in [0.25, 0.3) is 0 Å². The molecule has 2 rings (SSSR count). The van der Waals surface area contributed by atoms with E-state index in [-0.39, 0.29) is 11.8 Å². The lowest BCUT2D eigenvalue weighted by atomic mass is 9.98. The Kier molecular flexibility index (Phi) is 3.94. The molecule has 1 heterocycles. The molecule has 5 nitrogen and oxygen atoms in total. The standard InChI is InChI=1S/C14H22N2O3/c1-8(13-9(2)15-19-10(13)3)14(18)16(4)7-12(17)11-5-6-11/h8,11-12,17H,5-7H2,1-4H3. The van der Waals surface area contributed by atoms with Gasteiger partial charge >= 0.3 is 0 Å². The van der Waals surface area contributed by atoms with Gasteiger partial charge in [0, 0.05) is 19.2 Å². The average Bonchev–Trinajstić information content (AvgIpc) is 3.15. The Morgan fingerprint density at radius 3 is 2.63 bits per heavy atom. The second-order valence-electron chi connectivity index (χ2n) is 5.58. The maximum absolute atomic E-state index is 12.4. The number of carbonyl (C=O) groups is 1. The van der Waals surface area contributed by atoms with Gasteiger partial charge in [0.25, 0.3) is 0 Å². The van der Waals surface area contributed by atoms with Crippen LogP contribution in [0.5, 0.6) is 0 Å². The van der Waals surface area contributed by atoms with Crippen LogP contribution in [0.2, 0.25) is 0 Å². The summed E-state index contributed by atoms with van der Waals surface area (Å²) < 4.78 is 5.11. The molecule has 0 aliphatic heterocycles. The van der Waals surface area contributed by atoms with Gasteiger partial charge in [-0.1, -0.05) is 5.16 Å². The van der Waals surface area contributed by atoms with Crippen molar-refractivity contribution in [1.29, 1.82) is 0 Å². The van der Waals surface area contributed by atoms with E-state index in [4.69, 9.17) is 4.52 Å². The number of hydrogen-bond donors (Lipinski definition) is 1. The van der Waals surface area contributed by atoms with Crippen molar-refractivity contribution in [1.82, 2.24) is 10.1 Å². The fourth-order valence-corrected chi connectivity index (χ4v) is 2.56. The summed E-state index contributed by atoms with van der Waals surface area (Å²) in [5.41, 5.74) is 1.62. The summed E-state index contributed by atoms with van der Waals surface area (Å²) in [6.45, 7) is 5.92. The summed E-state index contributed by atoms with van der Waals surface area (Å²) in [7, 11) is 1.74. The summed E-state index contributed by atoms with van der Waals surface area (Å²) in [5, 5.41) is 13.8. The van der Waals surface area contributed by atoms with Crippen LogP contribution in [0, 0.1) is 19.8 Å². The number of rotatable bonds is 5. The monoisotopic (exact) mass is 266 g/mol. The van der Waals surface area contributed by atoms with E-state index < -0.39 is 6.10 Å². The van der Waals surface area contributed by atoms with Crippen molar-refractivity contribution in [2.45, 2.75) is 45.6 Å². The number of carbonyl (C=O) groups excluding carboxylic acids is 1. The predicted octanol–water partition coefficient (Wildman–Crippen LogP) is 1.62. The number of hydrogen-bond acceptors (Lipinski definition) is 4. The minimum Gasteiger partial charge on any atom is -0.391 e. The summed E-state index contributed by atoms with van der Waals surface area (Å²) in [6, 6.07) is 0. The lowest BCUT2D eigenvalue weighted by Crippen LogP contribution is -2.37. The topological polar surface area (TPSA) is 66.6 Å². The summed E-state index contributed by atoms with van der Waals surface area (Å²) in [4.78, 5) is 14.0. The molecule has 5 heteroatoms. The Balaban J connectivity index is 2.01. The van der Waals surface area contributed by atoms with E-state index in [1.54, 1.807) is 11.9 Å². The zero-order valence-electron chi connectivity index (χ0n) is 12.0. The van der Waals surface area contributed by atoms with E-state index in [0.29, 0.717) is 18.2 Å². The van der Waals surface area contributed by atoms with Crippen LogP contribution in [0.1, 0.15) is 42.7 Å². The highest BCUT2D eigenvalue weighted by molar-refractivity contribution is 5.83. The summed E-state index contributed by atoms with van der Waals surface area (Å²) >= 11 is 0. The van der Waals surface area contributed by atoms with Gasteiger partial charge in [-0.2, -0.15) is 0 Å². The number of likely N-dealkylation sites (N-methyl/N-ethyl adjacent to an activating group) is 1. The highest BCUT2D eigenvalue weighted by Gasteiger charge is 2.32. The Morgan fingerprint density at radius 2 is 2.16 bits per heavy atom. The van der Waals surface area contributed by atoms with Gasteiger partial charge in [0.05, 0.1) is 17.7 Å². The maximum atomic E-state index is 12.4. The number of aromatic nitrogens is 1. The molecule has 1 fully saturated rings. The third kappa shape index (κ3) is 2.97. The lowest BCUT2D eigenvalue weighted by molar-refractivity contribution is -0.132. The van der Waals surface area contributed by atoms with Crippen molar-refractivity contribution in [2.75, 3.05) is 13.6 Å². The van der Waals surface area contributed by atoms with Crippen molar-refractivity contribution >= 4 is 5.91 Å². The third-order valence-corrected chi connectivity index (χ3v) is 3.90. The Labute approximate surface area is 113 Å². The van der Waals surface area contributed by atoms with Crippen LogP contribution in [-0.2, 0) is 4.79 Å². The van der Waals surface area contributed by atoms with Gasteiger partial charge in [0.2, 0.25) is 5.91 Å². The molecule has 1 saturated carbocycles. The zero-order valence-corrected chi connectivity index (χ0v) is 12.0. The normalized spacial score (nSPS) is 18.2. The highest BCUT2D eigenvalue weighted by Crippen LogP contribution is 2.33. The first-order valence-corrected chi connectivity index (χ1v) is 6.77. The largest absolute Gasteiger partial charge is 0.391 e. The highest BCUT2D eigenvalue weighted by atomic mass is 16.5. The molecular weight excluding hydrogens is 244 g/mol. The minimum absolute atomic E-state index is 0.00546. The summed E-state index contributed by atoms with van der Waals surface area (Å²) in [5.74, 6) is 0.774. The first-order valence-electron chi connectivity index (χ1n) is 6.77. The van der Waals surface area contributed by atoms with E-state index in [2.05, 4.69) is 5.16 Å². The fourth-order valence-electron chi connectivity index (χ4n) is 2.56. The number of aryl methyl sites for hydroxylation is 2. The second kappa shape index (κ2) is 5.33. The van der Waals surface area contributed by atoms with Crippen molar-refractivity contribution in [2.24, 2.45) is 5.92 Å². The zero-order chi connectivity index (χ0) is 14.2. The Hall–Kier alpha value is -1.36. The van der Waals surface area contributed by atoms with E-state index in [1.165, 1.54) is 0 Å². The fraction of sp³-hybridized carbons (Fsp3) is 0.714. The Bertz CT molecular complexity index is 446. The van der Waals surface area contributed by atoms with Gasteiger partial charge in [0.1, 0.15) is 5.76 Å². The number of nitrogens with zero attached hydrogens (tertiary/aromatic N) is 2. The molecule has 106 valence electrons. The lowest BCUT2D eigenvalue weighted by Gasteiger charge is -2.24. The van der Waals surface area contributed by atoms with Crippen LogP contribution in [0.15, 0.2) is 4.52 Å².